The first kappa shape index (κ1) is 15.4. The van der Waals surface area contributed by atoms with E-state index in [4.69, 9.17) is 9.29 Å². The monoisotopic (exact) mass is 313 g/mol. The van der Waals surface area contributed by atoms with E-state index in [1.807, 2.05) is 0 Å². The van der Waals surface area contributed by atoms with E-state index in [0.717, 1.165) is 11.3 Å². The zero-order chi connectivity index (χ0) is 12.5. The fourth-order valence-corrected chi connectivity index (χ4v) is 3.03. The minimum Gasteiger partial charge on any atom is -0.378 e. The third-order valence-corrected chi connectivity index (χ3v) is 4.64. The molecular formula is C9H12ClNO5S2. The van der Waals surface area contributed by atoms with Gasteiger partial charge in [-0.2, -0.15) is 8.42 Å². The second-order valence-corrected chi connectivity index (χ2v) is 6.09. The van der Waals surface area contributed by atoms with Crippen molar-refractivity contribution in [2.75, 3.05) is 26.3 Å². The van der Waals surface area contributed by atoms with Gasteiger partial charge in [0.15, 0.2) is 0 Å². The third kappa shape index (κ3) is 3.42. The molecule has 9 heteroatoms. The predicted molar refractivity (Wildman–Crippen MR) is 68.1 cm³/mol. The molecule has 1 aromatic rings. The Balaban J connectivity index is 0.00000162. The smallest absolute Gasteiger partial charge is 0.304 e. The van der Waals surface area contributed by atoms with Crippen LogP contribution >= 0.6 is 23.7 Å². The Morgan fingerprint density at radius 2 is 2.00 bits per heavy atom. The molecule has 0 bridgehead atoms. The Morgan fingerprint density at radius 1 is 1.39 bits per heavy atom. The summed E-state index contributed by atoms with van der Waals surface area (Å²) in [6, 6.07) is 1.19. The summed E-state index contributed by atoms with van der Waals surface area (Å²) in [7, 11) is -4.22. The summed E-state index contributed by atoms with van der Waals surface area (Å²) < 4.78 is 35.5. The highest BCUT2D eigenvalue weighted by molar-refractivity contribution is 7.88. The summed E-state index contributed by atoms with van der Waals surface area (Å²) in [5, 5.41) is 1.43. The lowest BCUT2D eigenvalue weighted by Crippen LogP contribution is -2.40. The maximum atomic E-state index is 11.9. The predicted octanol–water partition coefficient (Wildman–Crippen LogP) is 0.889. The quantitative estimate of drug-likeness (QED) is 0.820. The van der Waals surface area contributed by atoms with E-state index >= 15 is 0 Å². The number of rotatable bonds is 2. The fourth-order valence-electron chi connectivity index (χ4n) is 1.51. The molecule has 102 valence electrons. The van der Waals surface area contributed by atoms with Crippen molar-refractivity contribution in [1.82, 2.24) is 4.90 Å². The average molecular weight is 314 g/mol. The number of nitrogens with zero attached hydrogens (tertiary/aromatic N) is 1. The molecule has 1 N–H and O–H groups in total. The Bertz CT molecular complexity index is 521. The van der Waals surface area contributed by atoms with E-state index < -0.39 is 10.1 Å². The Morgan fingerprint density at radius 3 is 2.50 bits per heavy atom. The largest absolute Gasteiger partial charge is 0.378 e. The van der Waals surface area contributed by atoms with Crippen LogP contribution in [0.2, 0.25) is 0 Å². The fraction of sp³-hybridized carbons (Fsp3) is 0.444. The van der Waals surface area contributed by atoms with Crippen LogP contribution in [-0.4, -0.2) is 50.1 Å². The molecular weight excluding hydrogens is 302 g/mol. The Labute approximate surface area is 115 Å². The number of amides is 1. The molecule has 2 rings (SSSR count). The molecule has 0 aromatic carbocycles. The first-order chi connectivity index (χ1) is 7.98. The minimum atomic E-state index is -4.22. The van der Waals surface area contributed by atoms with Crippen LogP contribution in [0.1, 0.15) is 10.4 Å². The van der Waals surface area contributed by atoms with Gasteiger partial charge in [-0.05, 0) is 6.07 Å². The van der Waals surface area contributed by atoms with Gasteiger partial charge in [0.25, 0.3) is 5.91 Å². The lowest BCUT2D eigenvalue weighted by molar-refractivity contribution is 0.0303. The number of hydrogen-bond donors (Lipinski definition) is 1. The molecule has 6 nitrogen and oxygen atoms in total. The van der Waals surface area contributed by atoms with E-state index in [1.165, 1.54) is 11.4 Å². The maximum Gasteiger partial charge on any atom is 0.304 e. The zero-order valence-corrected chi connectivity index (χ0v) is 11.7. The molecule has 0 unspecified atom stereocenters. The molecule has 1 aliphatic rings. The van der Waals surface area contributed by atoms with Crippen LogP contribution in [0.3, 0.4) is 0 Å². The normalized spacial score (nSPS) is 16.2. The van der Waals surface area contributed by atoms with Crippen LogP contribution < -0.4 is 0 Å². The number of halogens is 1. The highest BCUT2D eigenvalue weighted by Gasteiger charge is 2.22. The van der Waals surface area contributed by atoms with Gasteiger partial charge in [0.2, 0.25) is 0 Å². The summed E-state index contributed by atoms with van der Waals surface area (Å²) in [4.78, 5) is 13.5. The topological polar surface area (TPSA) is 83.9 Å². The van der Waals surface area contributed by atoms with E-state index in [2.05, 4.69) is 0 Å². The summed E-state index contributed by atoms with van der Waals surface area (Å²) in [6.07, 6.45) is 0. The van der Waals surface area contributed by atoms with Gasteiger partial charge in [0.1, 0.15) is 4.21 Å². The highest BCUT2D eigenvalue weighted by Crippen LogP contribution is 2.21. The van der Waals surface area contributed by atoms with E-state index in [9.17, 15) is 13.2 Å². The summed E-state index contributed by atoms with van der Waals surface area (Å²) >= 11 is 0.832. The standard InChI is InChI=1S/C9H11NO5S2.ClH/c11-9(10-1-3-15-4-2-10)7-5-8(16-6-7)17(12,13)14;/h5-6H,1-4H2,(H,12,13,14);1H. The maximum absolute atomic E-state index is 11.9. The number of thiophene rings is 1. The molecule has 1 saturated heterocycles. The Kier molecular flexibility index (Phi) is 5.11. The molecule has 0 aliphatic carbocycles. The minimum absolute atomic E-state index is 0. The molecule has 1 aromatic heterocycles. The van der Waals surface area contributed by atoms with E-state index in [0.29, 0.717) is 26.3 Å². The first-order valence-corrected chi connectivity index (χ1v) is 7.23. The molecule has 1 amide bonds. The van der Waals surface area contributed by atoms with Crippen LogP contribution in [0.25, 0.3) is 0 Å². The molecule has 2 heterocycles. The number of hydrogen-bond acceptors (Lipinski definition) is 5. The van der Waals surface area contributed by atoms with Crippen molar-refractivity contribution in [3.05, 3.63) is 17.0 Å². The van der Waals surface area contributed by atoms with Crippen molar-refractivity contribution < 1.29 is 22.5 Å². The third-order valence-electron chi connectivity index (χ3n) is 2.37. The van der Waals surface area contributed by atoms with Gasteiger partial charge in [-0.15, -0.1) is 23.7 Å². The molecule has 1 aliphatic heterocycles. The van der Waals surface area contributed by atoms with Gasteiger partial charge < -0.3 is 9.64 Å². The van der Waals surface area contributed by atoms with Gasteiger partial charge >= 0.3 is 10.1 Å². The number of ether oxygens (including phenoxy) is 1. The lowest BCUT2D eigenvalue weighted by Gasteiger charge is -2.26. The summed E-state index contributed by atoms with van der Waals surface area (Å²) in [6.45, 7) is 1.97. The molecule has 0 atom stereocenters. The van der Waals surface area contributed by atoms with Gasteiger partial charge in [-0.3, -0.25) is 9.35 Å². The van der Waals surface area contributed by atoms with Gasteiger partial charge in [-0.1, -0.05) is 0 Å². The van der Waals surface area contributed by atoms with Crippen LogP contribution in [0, 0.1) is 0 Å². The van der Waals surface area contributed by atoms with Crippen molar-refractivity contribution in [2.45, 2.75) is 4.21 Å². The van der Waals surface area contributed by atoms with Gasteiger partial charge in [0.05, 0.1) is 18.8 Å². The second-order valence-electron chi connectivity index (χ2n) is 3.53. The summed E-state index contributed by atoms with van der Waals surface area (Å²) in [5.41, 5.74) is 0.282. The van der Waals surface area contributed by atoms with Crippen LogP contribution in [0.15, 0.2) is 15.7 Å². The molecule has 0 spiro atoms. The summed E-state index contributed by atoms with van der Waals surface area (Å²) in [5.74, 6) is -0.237. The van der Waals surface area contributed by atoms with Crippen molar-refractivity contribution in [2.24, 2.45) is 0 Å². The van der Waals surface area contributed by atoms with E-state index in [-0.39, 0.29) is 28.1 Å². The van der Waals surface area contributed by atoms with Crippen molar-refractivity contribution in [3.63, 3.8) is 0 Å². The molecule has 0 saturated carbocycles. The lowest BCUT2D eigenvalue weighted by atomic mass is 10.3. The second kappa shape index (κ2) is 5.98. The zero-order valence-electron chi connectivity index (χ0n) is 9.24. The van der Waals surface area contributed by atoms with E-state index in [1.54, 1.807) is 4.90 Å². The Hall–Kier alpha value is -0.670. The van der Waals surface area contributed by atoms with Crippen molar-refractivity contribution >= 4 is 39.8 Å². The van der Waals surface area contributed by atoms with Crippen LogP contribution in [0.5, 0.6) is 0 Å². The molecule has 0 radical (unpaired) electrons. The average Bonchev–Trinajstić information content (AvgIpc) is 2.78. The van der Waals surface area contributed by atoms with Crippen LogP contribution in [0.4, 0.5) is 0 Å². The van der Waals surface area contributed by atoms with Gasteiger partial charge in [-0.25, -0.2) is 0 Å². The number of carbonyl (C=O) groups excluding carboxylic acids is 1. The van der Waals surface area contributed by atoms with Crippen molar-refractivity contribution in [3.8, 4) is 0 Å². The SMILES string of the molecule is Cl.O=C(c1csc(S(=O)(=O)O)c1)N1CCOCC1. The molecule has 1 fully saturated rings. The van der Waals surface area contributed by atoms with Crippen LogP contribution in [-0.2, 0) is 14.9 Å². The van der Waals surface area contributed by atoms with Gasteiger partial charge in [0, 0.05) is 18.5 Å². The first-order valence-electron chi connectivity index (χ1n) is 4.91. The highest BCUT2D eigenvalue weighted by atomic mass is 35.5. The van der Waals surface area contributed by atoms with Crippen molar-refractivity contribution in [1.29, 1.82) is 0 Å². The molecule has 18 heavy (non-hydrogen) atoms. The number of morpholine rings is 1. The number of carbonyl (C=O) groups is 1.